The van der Waals surface area contributed by atoms with Gasteiger partial charge in [-0.15, -0.1) is 0 Å². The van der Waals surface area contributed by atoms with Gasteiger partial charge >= 0.3 is 5.97 Å². The van der Waals surface area contributed by atoms with Gasteiger partial charge < -0.3 is 15.9 Å². The first-order chi connectivity index (χ1) is 9.49. The third-order valence-corrected chi connectivity index (χ3v) is 3.50. The standard InChI is InChI=1S/C8H8O3.C7H17NS/c9-7(8(10)11)6-4-2-1-3-5-6;1-7(2)3-5-9-6-4-8/h1-5,7,9H,(H,10,11);7H,3-6,8H2,1-2H3. The number of aliphatic hydroxyl groups is 1. The zero-order valence-electron chi connectivity index (χ0n) is 12.2. The molecule has 0 aliphatic carbocycles. The Morgan fingerprint density at radius 1 is 1.25 bits per heavy atom. The topological polar surface area (TPSA) is 83.6 Å². The number of benzene rings is 1. The maximum absolute atomic E-state index is 10.2. The van der Waals surface area contributed by atoms with Gasteiger partial charge in [0.2, 0.25) is 0 Å². The normalized spacial score (nSPS) is 11.7. The van der Waals surface area contributed by atoms with E-state index in [0.29, 0.717) is 5.56 Å². The van der Waals surface area contributed by atoms with Crippen molar-refractivity contribution in [1.29, 1.82) is 0 Å². The van der Waals surface area contributed by atoms with Gasteiger partial charge in [-0.1, -0.05) is 44.2 Å². The molecule has 4 nitrogen and oxygen atoms in total. The van der Waals surface area contributed by atoms with Crippen molar-refractivity contribution in [3.05, 3.63) is 35.9 Å². The Bertz CT molecular complexity index is 357. The van der Waals surface area contributed by atoms with Gasteiger partial charge in [-0.2, -0.15) is 11.8 Å². The fourth-order valence-electron chi connectivity index (χ4n) is 1.28. The molecule has 0 aliphatic heterocycles. The Labute approximate surface area is 125 Å². The zero-order valence-corrected chi connectivity index (χ0v) is 13.0. The van der Waals surface area contributed by atoms with Crippen LogP contribution in [0.5, 0.6) is 0 Å². The van der Waals surface area contributed by atoms with E-state index in [1.54, 1.807) is 30.3 Å². The average molecular weight is 299 g/mol. The number of carboxylic acids is 1. The molecule has 0 fully saturated rings. The first-order valence-corrected chi connectivity index (χ1v) is 7.88. The summed E-state index contributed by atoms with van der Waals surface area (Å²) in [5, 5.41) is 17.4. The molecule has 20 heavy (non-hydrogen) atoms. The lowest BCUT2D eigenvalue weighted by atomic mass is 10.1. The molecule has 5 heteroatoms. The highest BCUT2D eigenvalue weighted by Crippen LogP contribution is 2.11. The first kappa shape index (κ1) is 19.0. The van der Waals surface area contributed by atoms with Gasteiger partial charge in [-0.3, -0.25) is 0 Å². The van der Waals surface area contributed by atoms with E-state index in [0.717, 1.165) is 18.2 Å². The summed E-state index contributed by atoms with van der Waals surface area (Å²) in [5.74, 6) is 2.01. The van der Waals surface area contributed by atoms with E-state index in [2.05, 4.69) is 13.8 Å². The van der Waals surface area contributed by atoms with Crippen LogP contribution in [0.3, 0.4) is 0 Å². The first-order valence-electron chi connectivity index (χ1n) is 6.72. The summed E-state index contributed by atoms with van der Waals surface area (Å²) in [6, 6.07) is 8.26. The van der Waals surface area contributed by atoms with Crippen LogP contribution >= 0.6 is 11.8 Å². The van der Waals surface area contributed by atoms with Gasteiger partial charge in [0, 0.05) is 12.3 Å². The van der Waals surface area contributed by atoms with Crippen molar-refractivity contribution in [2.24, 2.45) is 11.7 Å². The number of carboxylic acid groups (broad SMARTS) is 1. The fraction of sp³-hybridized carbons (Fsp3) is 0.533. The quantitative estimate of drug-likeness (QED) is 0.674. The molecule has 0 heterocycles. The molecule has 0 radical (unpaired) electrons. The number of thioether (sulfide) groups is 1. The molecular formula is C15H25NO3S. The van der Waals surface area contributed by atoms with Gasteiger partial charge in [0.1, 0.15) is 0 Å². The number of rotatable bonds is 7. The number of carbonyl (C=O) groups is 1. The Morgan fingerprint density at radius 3 is 2.30 bits per heavy atom. The molecule has 0 aromatic heterocycles. The molecular weight excluding hydrogens is 274 g/mol. The molecule has 1 rings (SSSR count). The van der Waals surface area contributed by atoms with Crippen molar-refractivity contribution in [2.45, 2.75) is 26.4 Å². The molecule has 1 aromatic rings. The predicted octanol–water partition coefficient (Wildman–Crippen LogP) is 2.53. The van der Waals surface area contributed by atoms with Crippen LogP contribution in [-0.4, -0.2) is 34.2 Å². The van der Waals surface area contributed by atoms with Crippen LogP contribution in [-0.2, 0) is 4.79 Å². The third-order valence-electron chi connectivity index (χ3n) is 2.45. The molecule has 0 amide bonds. The maximum atomic E-state index is 10.2. The van der Waals surface area contributed by atoms with Gasteiger partial charge in [-0.05, 0) is 23.7 Å². The van der Waals surface area contributed by atoms with E-state index in [1.807, 2.05) is 11.8 Å². The maximum Gasteiger partial charge on any atom is 0.337 e. The van der Waals surface area contributed by atoms with Crippen molar-refractivity contribution in [2.75, 3.05) is 18.1 Å². The van der Waals surface area contributed by atoms with Gasteiger partial charge in [0.05, 0.1) is 0 Å². The minimum atomic E-state index is -1.41. The van der Waals surface area contributed by atoms with Crippen LogP contribution in [0, 0.1) is 5.92 Å². The summed E-state index contributed by atoms with van der Waals surface area (Å²) >= 11 is 1.96. The van der Waals surface area contributed by atoms with E-state index in [1.165, 1.54) is 12.2 Å². The zero-order chi connectivity index (χ0) is 15.4. The predicted molar refractivity (Wildman–Crippen MR) is 84.9 cm³/mol. The van der Waals surface area contributed by atoms with Crippen LogP contribution in [0.15, 0.2) is 30.3 Å². The third kappa shape index (κ3) is 9.83. The summed E-state index contributed by atoms with van der Waals surface area (Å²) in [5.41, 5.74) is 5.73. The van der Waals surface area contributed by atoms with Crippen molar-refractivity contribution in [1.82, 2.24) is 0 Å². The van der Waals surface area contributed by atoms with E-state index in [-0.39, 0.29) is 0 Å². The summed E-state index contributed by atoms with van der Waals surface area (Å²) in [6.45, 7) is 5.33. The van der Waals surface area contributed by atoms with Crippen molar-refractivity contribution in [3.63, 3.8) is 0 Å². The Morgan fingerprint density at radius 2 is 1.85 bits per heavy atom. The van der Waals surface area contributed by atoms with E-state index in [4.69, 9.17) is 15.9 Å². The molecule has 0 saturated heterocycles. The summed E-state index contributed by atoms with van der Waals surface area (Å²) < 4.78 is 0. The second kappa shape index (κ2) is 11.8. The summed E-state index contributed by atoms with van der Waals surface area (Å²) in [4.78, 5) is 10.2. The lowest BCUT2D eigenvalue weighted by Gasteiger charge is -2.03. The van der Waals surface area contributed by atoms with E-state index < -0.39 is 12.1 Å². The molecule has 1 unspecified atom stereocenters. The van der Waals surface area contributed by atoms with Gasteiger partial charge in [0.25, 0.3) is 0 Å². The largest absolute Gasteiger partial charge is 0.479 e. The number of hydrogen-bond donors (Lipinski definition) is 3. The Kier molecular flexibility index (Phi) is 11.1. The lowest BCUT2D eigenvalue weighted by Crippen LogP contribution is -2.09. The van der Waals surface area contributed by atoms with Crippen LogP contribution in [0.1, 0.15) is 31.9 Å². The van der Waals surface area contributed by atoms with Crippen LogP contribution in [0.4, 0.5) is 0 Å². The second-order valence-corrected chi connectivity index (χ2v) is 5.96. The fourth-order valence-corrected chi connectivity index (χ4v) is 2.29. The van der Waals surface area contributed by atoms with E-state index in [9.17, 15) is 4.79 Å². The van der Waals surface area contributed by atoms with Crippen molar-refractivity contribution in [3.8, 4) is 0 Å². The molecule has 0 spiro atoms. The molecule has 0 aliphatic rings. The highest BCUT2D eigenvalue weighted by Gasteiger charge is 2.14. The summed E-state index contributed by atoms with van der Waals surface area (Å²) in [7, 11) is 0. The van der Waals surface area contributed by atoms with Crippen molar-refractivity contribution >= 4 is 17.7 Å². The molecule has 0 saturated carbocycles. The average Bonchev–Trinajstić information content (AvgIpc) is 2.44. The van der Waals surface area contributed by atoms with Crippen LogP contribution < -0.4 is 5.73 Å². The highest BCUT2D eigenvalue weighted by molar-refractivity contribution is 7.99. The Balaban J connectivity index is 0.000000370. The number of aliphatic carboxylic acids is 1. The highest BCUT2D eigenvalue weighted by atomic mass is 32.2. The number of hydrogen-bond acceptors (Lipinski definition) is 4. The number of aliphatic hydroxyl groups excluding tert-OH is 1. The molecule has 114 valence electrons. The van der Waals surface area contributed by atoms with Crippen molar-refractivity contribution < 1.29 is 15.0 Å². The molecule has 1 aromatic carbocycles. The minimum Gasteiger partial charge on any atom is -0.479 e. The molecule has 4 N–H and O–H groups in total. The monoisotopic (exact) mass is 299 g/mol. The van der Waals surface area contributed by atoms with Gasteiger partial charge in [0.15, 0.2) is 6.10 Å². The van der Waals surface area contributed by atoms with E-state index >= 15 is 0 Å². The second-order valence-electron chi connectivity index (χ2n) is 4.74. The SMILES string of the molecule is CC(C)CCSCCN.O=C(O)C(O)c1ccccc1. The summed E-state index contributed by atoms with van der Waals surface area (Å²) in [6.07, 6.45) is -0.0822. The molecule has 1 atom stereocenters. The number of nitrogens with two attached hydrogens (primary N) is 1. The lowest BCUT2D eigenvalue weighted by molar-refractivity contribution is -0.146. The smallest absolute Gasteiger partial charge is 0.337 e. The molecule has 0 bridgehead atoms. The minimum absolute atomic E-state index is 0.403. The van der Waals surface area contributed by atoms with Crippen LogP contribution in [0.25, 0.3) is 0 Å². The van der Waals surface area contributed by atoms with Crippen LogP contribution in [0.2, 0.25) is 0 Å². The Hall–Kier alpha value is -1.04. The van der Waals surface area contributed by atoms with Gasteiger partial charge in [-0.25, -0.2) is 4.79 Å².